The third-order valence-corrected chi connectivity index (χ3v) is 8.48. The van der Waals surface area contributed by atoms with Gasteiger partial charge in [0.05, 0.1) is 29.4 Å². The van der Waals surface area contributed by atoms with Crippen molar-refractivity contribution >= 4 is 29.6 Å². The number of nitriles is 2. The van der Waals surface area contributed by atoms with Crippen LogP contribution in [0.5, 0.6) is 0 Å². The largest absolute Gasteiger partial charge is 0.381 e. The molecule has 0 saturated heterocycles. The Morgan fingerprint density at radius 1 is 1.14 bits per heavy atom. The molecule has 0 bridgehead atoms. The molecule has 2 unspecified atom stereocenters. The molecule has 44 heavy (non-hydrogen) atoms. The lowest BCUT2D eigenvalue weighted by atomic mass is 9.96. The quantitative estimate of drug-likeness (QED) is 0.0919. The van der Waals surface area contributed by atoms with Crippen LogP contribution >= 0.6 is 0 Å². The number of nitrogens with one attached hydrogen (secondary N) is 1. The highest BCUT2D eigenvalue weighted by atomic mass is 16.5. The molecule has 0 fully saturated rings. The number of aliphatic imine (C=N–C) groups is 1. The minimum atomic E-state index is -0.237. The number of benzene rings is 1. The highest BCUT2D eigenvalue weighted by molar-refractivity contribution is 6.08. The van der Waals surface area contributed by atoms with E-state index < -0.39 is 0 Å². The van der Waals surface area contributed by atoms with E-state index in [-0.39, 0.29) is 29.5 Å². The number of nitrogens with zero attached hydrogens (tertiary/aromatic N) is 4. The lowest BCUT2D eigenvalue weighted by Crippen LogP contribution is -2.31. The number of anilines is 2. The minimum absolute atomic E-state index is 0.0264. The maximum absolute atomic E-state index is 13.5. The highest BCUT2D eigenvalue weighted by Crippen LogP contribution is 2.32. The molecule has 0 radical (unpaired) electrons. The predicted octanol–water partition coefficient (Wildman–Crippen LogP) is 8.51. The maximum Gasteiger partial charge on any atom is 0.255 e. The predicted molar refractivity (Wildman–Crippen MR) is 184 cm³/mol. The lowest BCUT2D eigenvalue weighted by molar-refractivity contribution is -0.112. The molecule has 0 aliphatic heterocycles. The number of ether oxygens (including phenoxy) is 1. The van der Waals surface area contributed by atoms with Gasteiger partial charge in [-0.2, -0.15) is 10.5 Å². The molecule has 7 nitrogen and oxygen atoms in total. The first-order valence-electron chi connectivity index (χ1n) is 16.5. The zero-order valence-electron chi connectivity index (χ0n) is 27.7. The third kappa shape index (κ3) is 11.4. The Balaban J connectivity index is 2.51. The van der Waals surface area contributed by atoms with Crippen molar-refractivity contribution in [1.29, 1.82) is 10.5 Å². The van der Waals surface area contributed by atoms with Gasteiger partial charge in [-0.1, -0.05) is 85.0 Å². The van der Waals surface area contributed by atoms with Gasteiger partial charge in [-0.3, -0.25) is 9.79 Å². The van der Waals surface area contributed by atoms with Crippen molar-refractivity contribution in [3.8, 4) is 12.1 Å². The number of amides is 1. The van der Waals surface area contributed by atoms with Gasteiger partial charge in [0.15, 0.2) is 0 Å². The molecule has 7 heteroatoms. The fourth-order valence-electron chi connectivity index (χ4n) is 5.50. The van der Waals surface area contributed by atoms with Crippen LogP contribution in [0.2, 0.25) is 0 Å². The van der Waals surface area contributed by atoms with Gasteiger partial charge < -0.3 is 15.0 Å². The Labute approximate surface area is 266 Å². The summed E-state index contributed by atoms with van der Waals surface area (Å²) < 4.78 is 6.06. The van der Waals surface area contributed by atoms with Gasteiger partial charge in [0.1, 0.15) is 6.07 Å². The highest BCUT2D eigenvalue weighted by Gasteiger charge is 2.21. The molecule has 238 valence electrons. The number of carbonyl (C=O) groups excluding carboxylic acids is 1. The average molecular weight is 600 g/mol. The van der Waals surface area contributed by atoms with Gasteiger partial charge in [-0.25, -0.2) is 0 Å². The molecular weight excluding hydrogens is 546 g/mol. The normalized spacial score (nSPS) is 15.5. The number of unbranched alkanes of at least 4 members (excludes halogenated alkanes) is 1. The standard InChI is InChI=1S/C37H53N5O2/c1-7-11-15-30(10-4)26-42(19-13-20-44-27-29(8-2)9-3)33-17-18-34(35(24-39)32(23-38)25-40-6)36(22-33)41-37(43)31-16-12-14-28(5)21-31/h12,16-18,21-22,28-30H,6-11,13-15,19-20,25-27H2,1-5H3,(H,41,43)/b35-32+. The van der Waals surface area contributed by atoms with E-state index in [0.717, 1.165) is 70.3 Å². The van der Waals surface area contributed by atoms with E-state index in [2.05, 4.69) is 68.7 Å². The zero-order valence-corrected chi connectivity index (χ0v) is 27.7. The topological polar surface area (TPSA) is 102 Å². The molecule has 2 rings (SSSR count). The van der Waals surface area contributed by atoms with E-state index in [1.807, 2.05) is 36.4 Å². The van der Waals surface area contributed by atoms with Gasteiger partial charge in [0.25, 0.3) is 5.91 Å². The molecule has 0 saturated carbocycles. The molecule has 1 aromatic rings. The lowest BCUT2D eigenvalue weighted by Gasteiger charge is -2.30. The second-order valence-electron chi connectivity index (χ2n) is 11.9. The van der Waals surface area contributed by atoms with Crippen LogP contribution < -0.4 is 10.2 Å². The van der Waals surface area contributed by atoms with Crippen LogP contribution in [0.1, 0.15) is 91.5 Å². The summed E-state index contributed by atoms with van der Waals surface area (Å²) in [6.45, 7) is 17.7. The van der Waals surface area contributed by atoms with Crippen molar-refractivity contribution in [2.45, 2.75) is 86.0 Å². The summed E-state index contributed by atoms with van der Waals surface area (Å²) in [5, 5.41) is 23.0. The van der Waals surface area contributed by atoms with Crippen LogP contribution in [0.15, 0.2) is 52.6 Å². The van der Waals surface area contributed by atoms with Crippen molar-refractivity contribution < 1.29 is 9.53 Å². The maximum atomic E-state index is 13.5. The second kappa shape index (κ2) is 20.3. The number of carbonyl (C=O) groups is 1. The Bertz CT molecular complexity index is 1250. The SMILES string of the molecule is C=NC/C(C#N)=C(\C#N)c1ccc(N(CCCOCC(CC)CC)CC(CC)CCCC)cc1NC(=O)C1=CC(C)CC=C1. The van der Waals surface area contributed by atoms with Crippen LogP contribution in [-0.4, -0.2) is 45.5 Å². The molecule has 1 aliphatic rings. The first-order valence-corrected chi connectivity index (χ1v) is 16.5. The third-order valence-electron chi connectivity index (χ3n) is 8.48. The van der Waals surface area contributed by atoms with Gasteiger partial charge >= 0.3 is 0 Å². The minimum Gasteiger partial charge on any atom is -0.381 e. The first kappa shape index (κ1) is 36.5. The Morgan fingerprint density at radius 3 is 2.50 bits per heavy atom. The first-order chi connectivity index (χ1) is 21.3. The van der Waals surface area contributed by atoms with E-state index in [1.54, 1.807) is 0 Å². The van der Waals surface area contributed by atoms with E-state index in [1.165, 1.54) is 6.42 Å². The smallest absolute Gasteiger partial charge is 0.255 e. The molecule has 0 spiro atoms. The molecule has 1 N–H and O–H groups in total. The fraction of sp³-hybridized carbons (Fsp3) is 0.568. The molecule has 0 heterocycles. The summed E-state index contributed by atoms with van der Waals surface area (Å²) in [5.41, 5.74) is 2.98. The summed E-state index contributed by atoms with van der Waals surface area (Å²) >= 11 is 0. The van der Waals surface area contributed by atoms with Crippen molar-refractivity contribution in [1.82, 2.24) is 0 Å². The van der Waals surface area contributed by atoms with Gasteiger partial charge in [0.2, 0.25) is 0 Å². The molecule has 1 aliphatic carbocycles. The Kier molecular flexibility index (Phi) is 16.9. The van der Waals surface area contributed by atoms with Crippen LogP contribution in [0, 0.1) is 40.4 Å². The molecule has 1 aromatic carbocycles. The van der Waals surface area contributed by atoms with Crippen LogP contribution in [0.3, 0.4) is 0 Å². The van der Waals surface area contributed by atoms with Gasteiger partial charge in [-0.05, 0) is 61.9 Å². The fourth-order valence-corrected chi connectivity index (χ4v) is 5.50. The number of hydrogen-bond donors (Lipinski definition) is 1. The Hall–Kier alpha value is -3.68. The van der Waals surface area contributed by atoms with Crippen LogP contribution in [-0.2, 0) is 9.53 Å². The monoisotopic (exact) mass is 599 g/mol. The molecule has 2 atom stereocenters. The number of allylic oxidation sites excluding steroid dienone is 3. The van der Waals surface area contributed by atoms with E-state index in [9.17, 15) is 15.3 Å². The molecular formula is C37H53N5O2. The number of hydrogen-bond acceptors (Lipinski definition) is 6. The van der Waals surface area contributed by atoms with Gasteiger partial charge in [0, 0.05) is 43.1 Å². The van der Waals surface area contributed by atoms with Crippen LogP contribution in [0.25, 0.3) is 5.57 Å². The summed E-state index contributed by atoms with van der Waals surface area (Å²) in [6, 6.07) is 10.1. The zero-order chi connectivity index (χ0) is 32.3. The van der Waals surface area contributed by atoms with E-state index in [0.29, 0.717) is 35.3 Å². The van der Waals surface area contributed by atoms with E-state index >= 15 is 0 Å². The summed E-state index contributed by atoms with van der Waals surface area (Å²) in [5.74, 6) is 1.16. The summed E-state index contributed by atoms with van der Waals surface area (Å²) in [6.07, 6.45) is 14.5. The van der Waals surface area contributed by atoms with Crippen molar-refractivity contribution in [2.24, 2.45) is 22.7 Å². The second-order valence-corrected chi connectivity index (χ2v) is 11.9. The molecule has 0 aromatic heterocycles. The van der Waals surface area contributed by atoms with Crippen molar-refractivity contribution in [2.75, 3.05) is 43.1 Å². The molecule has 1 amide bonds. The number of rotatable bonds is 20. The summed E-state index contributed by atoms with van der Waals surface area (Å²) in [7, 11) is 0. The average Bonchev–Trinajstić information content (AvgIpc) is 3.04. The van der Waals surface area contributed by atoms with Gasteiger partial charge in [-0.15, -0.1) is 0 Å². The van der Waals surface area contributed by atoms with Crippen molar-refractivity contribution in [3.05, 3.63) is 53.1 Å². The summed E-state index contributed by atoms with van der Waals surface area (Å²) in [4.78, 5) is 19.7. The van der Waals surface area contributed by atoms with Crippen molar-refractivity contribution in [3.63, 3.8) is 0 Å². The Morgan fingerprint density at radius 2 is 1.89 bits per heavy atom. The van der Waals surface area contributed by atoms with Crippen LogP contribution in [0.4, 0.5) is 11.4 Å². The van der Waals surface area contributed by atoms with E-state index in [4.69, 9.17) is 4.74 Å².